The Morgan fingerprint density at radius 2 is 1.79 bits per heavy atom. The molecule has 0 aromatic heterocycles. The van der Waals surface area contributed by atoms with E-state index in [1.807, 2.05) is 4.90 Å². The van der Waals surface area contributed by atoms with Crippen molar-refractivity contribution in [2.24, 2.45) is 10.7 Å². The van der Waals surface area contributed by atoms with Crippen molar-refractivity contribution in [1.29, 1.82) is 0 Å². The highest BCUT2D eigenvalue weighted by molar-refractivity contribution is 5.92. The molecule has 2 aromatic carbocycles. The molecule has 0 saturated carbocycles. The van der Waals surface area contributed by atoms with Gasteiger partial charge in [-0.1, -0.05) is 6.07 Å². The minimum absolute atomic E-state index is 0.236. The van der Waals surface area contributed by atoms with Gasteiger partial charge < -0.3 is 25.0 Å². The Morgan fingerprint density at radius 3 is 2.41 bits per heavy atom. The fraction of sp³-hybridized carbons (Fsp3) is 0.333. The third-order valence-corrected chi connectivity index (χ3v) is 4.89. The van der Waals surface area contributed by atoms with Crippen molar-refractivity contribution in [2.45, 2.75) is 6.54 Å². The van der Waals surface area contributed by atoms with Gasteiger partial charge in [-0.25, -0.2) is 14.2 Å². The fourth-order valence-corrected chi connectivity index (χ4v) is 3.23. The van der Waals surface area contributed by atoms with Crippen LogP contribution in [0.4, 0.5) is 10.1 Å². The zero-order valence-electron chi connectivity index (χ0n) is 16.6. The number of nitrogens with two attached hydrogens (primary N) is 1. The maximum atomic E-state index is 13.1. The number of anilines is 1. The first-order valence-corrected chi connectivity index (χ1v) is 9.32. The van der Waals surface area contributed by atoms with Gasteiger partial charge in [0.15, 0.2) is 5.96 Å². The number of esters is 1. The number of hydrogen-bond acceptors (Lipinski definition) is 5. The van der Waals surface area contributed by atoms with Gasteiger partial charge in [0.25, 0.3) is 0 Å². The van der Waals surface area contributed by atoms with E-state index in [1.165, 1.54) is 26.4 Å². The first-order chi connectivity index (χ1) is 14.0. The van der Waals surface area contributed by atoms with Crippen molar-refractivity contribution >= 4 is 17.6 Å². The summed E-state index contributed by atoms with van der Waals surface area (Å²) in [7, 11) is 2.83. The Morgan fingerprint density at radius 1 is 1.10 bits per heavy atom. The van der Waals surface area contributed by atoms with Crippen molar-refractivity contribution in [3.63, 3.8) is 0 Å². The molecular formula is C21H25FN4O3. The molecule has 0 bridgehead atoms. The van der Waals surface area contributed by atoms with E-state index >= 15 is 0 Å². The highest BCUT2D eigenvalue weighted by Crippen LogP contribution is 2.22. The molecule has 2 N–H and O–H groups in total. The van der Waals surface area contributed by atoms with E-state index in [1.54, 1.807) is 30.3 Å². The summed E-state index contributed by atoms with van der Waals surface area (Å²) in [4.78, 5) is 20.4. The van der Waals surface area contributed by atoms with Crippen molar-refractivity contribution in [3.8, 4) is 5.75 Å². The van der Waals surface area contributed by atoms with Crippen LogP contribution in [-0.4, -0.2) is 57.2 Å². The minimum Gasteiger partial charge on any atom is -0.496 e. The highest BCUT2D eigenvalue weighted by Gasteiger charge is 2.19. The SMILES string of the molecule is COC(=O)c1ccc(CN=C(N)N2CCN(c3ccc(F)cc3)CC2)cc1OC. The first-order valence-electron chi connectivity index (χ1n) is 9.32. The number of methoxy groups -OCH3 is 2. The summed E-state index contributed by atoms with van der Waals surface area (Å²) < 4.78 is 23.1. The second-order valence-corrected chi connectivity index (χ2v) is 6.65. The van der Waals surface area contributed by atoms with Crippen molar-refractivity contribution in [1.82, 2.24) is 4.90 Å². The number of hydrogen-bond donors (Lipinski definition) is 1. The van der Waals surface area contributed by atoms with Gasteiger partial charge >= 0.3 is 5.97 Å². The van der Waals surface area contributed by atoms with Crippen LogP contribution in [0.25, 0.3) is 0 Å². The molecule has 1 fully saturated rings. The molecule has 0 aliphatic carbocycles. The Hall–Kier alpha value is -3.29. The van der Waals surface area contributed by atoms with Gasteiger partial charge in [0.2, 0.25) is 0 Å². The number of carbonyl (C=O) groups excluding carboxylic acids is 1. The summed E-state index contributed by atoms with van der Waals surface area (Å²) in [5, 5.41) is 0. The number of carbonyl (C=O) groups is 1. The van der Waals surface area contributed by atoms with Crippen LogP contribution in [0, 0.1) is 5.82 Å². The molecule has 0 unspecified atom stereocenters. The number of piperazine rings is 1. The normalized spacial score (nSPS) is 14.7. The Balaban J connectivity index is 1.59. The smallest absolute Gasteiger partial charge is 0.341 e. The number of rotatable bonds is 5. The van der Waals surface area contributed by atoms with Crippen LogP contribution in [0.5, 0.6) is 5.75 Å². The van der Waals surface area contributed by atoms with Crippen LogP contribution in [0.1, 0.15) is 15.9 Å². The zero-order chi connectivity index (χ0) is 20.8. The third-order valence-electron chi connectivity index (χ3n) is 4.89. The minimum atomic E-state index is -0.449. The number of nitrogens with zero attached hydrogens (tertiary/aromatic N) is 3. The van der Waals surface area contributed by atoms with Crippen LogP contribution in [0.15, 0.2) is 47.5 Å². The highest BCUT2D eigenvalue weighted by atomic mass is 19.1. The van der Waals surface area contributed by atoms with Crippen molar-refractivity contribution in [2.75, 3.05) is 45.3 Å². The van der Waals surface area contributed by atoms with E-state index in [0.29, 0.717) is 23.8 Å². The van der Waals surface area contributed by atoms with Crippen LogP contribution in [0.3, 0.4) is 0 Å². The van der Waals surface area contributed by atoms with Gasteiger partial charge in [0, 0.05) is 31.9 Å². The third kappa shape index (κ3) is 4.96. The molecule has 1 aliphatic rings. The fourth-order valence-electron chi connectivity index (χ4n) is 3.23. The van der Waals surface area contributed by atoms with E-state index < -0.39 is 5.97 Å². The topological polar surface area (TPSA) is 80.4 Å². The van der Waals surface area contributed by atoms with E-state index in [2.05, 4.69) is 9.89 Å². The van der Waals surface area contributed by atoms with Crippen LogP contribution >= 0.6 is 0 Å². The average molecular weight is 400 g/mol. The van der Waals surface area contributed by atoms with Gasteiger partial charge in [0.1, 0.15) is 17.1 Å². The molecule has 8 heteroatoms. The number of aliphatic imine (C=N–C) groups is 1. The van der Waals surface area contributed by atoms with Crippen LogP contribution in [-0.2, 0) is 11.3 Å². The molecule has 1 heterocycles. The maximum Gasteiger partial charge on any atom is 0.341 e. The predicted octanol–water partition coefficient (Wildman–Crippen LogP) is 2.26. The van der Waals surface area contributed by atoms with E-state index in [-0.39, 0.29) is 5.82 Å². The molecule has 1 saturated heterocycles. The summed E-state index contributed by atoms with van der Waals surface area (Å²) in [5.41, 5.74) is 8.42. The average Bonchev–Trinajstić information content (AvgIpc) is 2.77. The lowest BCUT2D eigenvalue weighted by atomic mass is 10.1. The molecule has 1 aliphatic heterocycles. The molecule has 3 rings (SSSR count). The largest absolute Gasteiger partial charge is 0.496 e. The Labute approximate surface area is 169 Å². The molecule has 0 spiro atoms. The molecule has 154 valence electrons. The maximum absolute atomic E-state index is 13.1. The van der Waals surface area contributed by atoms with Crippen molar-refractivity contribution < 1.29 is 18.7 Å². The van der Waals surface area contributed by atoms with E-state index in [9.17, 15) is 9.18 Å². The quantitative estimate of drug-likeness (QED) is 0.471. The number of halogens is 1. The van der Waals surface area contributed by atoms with Gasteiger partial charge in [-0.2, -0.15) is 0 Å². The van der Waals surface area contributed by atoms with Gasteiger partial charge in [0.05, 0.1) is 20.8 Å². The predicted molar refractivity (Wildman–Crippen MR) is 110 cm³/mol. The molecule has 29 heavy (non-hydrogen) atoms. The van der Waals surface area contributed by atoms with Gasteiger partial charge in [-0.15, -0.1) is 0 Å². The number of ether oxygens (including phenoxy) is 2. The zero-order valence-corrected chi connectivity index (χ0v) is 16.6. The standard InChI is InChI=1S/C21H25FN4O3/c1-28-19-13-15(3-8-18(19)20(27)29-2)14-24-21(23)26-11-9-25(10-12-26)17-6-4-16(22)5-7-17/h3-8,13H,9-12,14H2,1-2H3,(H2,23,24). The van der Waals surface area contributed by atoms with Crippen LogP contribution < -0.4 is 15.4 Å². The lowest BCUT2D eigenvalue weighted by molar-refractivity contribution is 0.0597. The lowest BCUT2D eigenvalue weighted by Gasteiger charge is -2.36. The molecule has 2 aromatic rings. The van der Waals surface area contributed by atoms with E-state index in [4.69, 9.17) is 15.2 Å². The molecule has 0 atom stereocenters. The second kappa shape index (κ2) is 9.27. The number of benzene rings is 2. The van der Waals surface area contributed by atoms with Gasteiger partial charge in [-0.3, -0.25) is 0 Å². The molecular weight excluding hydrogens is 375 g/mol. The molecule has 0 amide bonds. The second-order valence-electron chi connectivity index (χ2n) is 6.65. The molecule has 0 radical (unpaired) electrons. The summed E-state index contributed by atoms with van der Waals surface area (Å²) in [6, 6.07) is 11.7. The Kier molecular flexibility index (Phi) is 6.54. The summed E-state index contributed by atoms with van der Waals surface area (Å²) in [5.74, 6) is 0.228. The monoisotopic (exact) mass is 400 g/mol. The van der Waals surface area contributed by atoms with Gasteiger partial charge in [-0.05, 0) is 42.0 Å². The Bertz CT molecular complexity index is 878. The summed E-state index contributed by atoms with van der Waals surface area (Å²) >= 11 is 0. The van der Waals surface area contributed by atoms with E-state index in [0.717, 1.165) is 37.4 Å². The lowest BCUT2D eigenvalue weighted by Crippen LogP contribution is -2.51. The number of guanidine groups is 1. The summed E-state index contributed by atoms with van der Waals surface area (Å²) in [6.07, 6.45) is 0. The first kappa shape index (κ1) is 20.4. The molecule has 7 nitrogen and oxygen atoms in total. The van der Waals surface area contributed by atoms with Crippen molar-refractivity contribution in [3.05, 3.63) is 59.4 Å². The summed E-state index contributed by atoms with van der Waals surface area (Å²) in [6.45, 7) is 3.41. The van der Waals surface area contributed by atoms with Crippen LogP contribution in [0.2, 0.25) is 0 Å².